The maximum atomic E-state index is 12.2. The van der Waals surface area contributed by atoms with Gasteiger partial charge in [0.15, 0.2) is 5.65 Å². The van der Waals surface area contributed by atoms with Crippen molar-refractivity contribution in [1.29, 1.82) is 0 Å². The number of carbonyl (C=O) groups excluding carboxylic acids is 1. The second-order valence-electron chi connectivity index (χ2n) is 6.97. The molecule has 10 heteroatoms. The van der Waals surface area contributed by atoms with Crippen molar-refractivity contribution >= 4 is 33.3 Å². The lowest BCUT2D eigenvalue weighted by Crippen LogP contribution is -2.45. The molecule has 1 aliphatic heterocycles. The number of H-pyrrole nitrogens is 1. The van der Waals surface area contributed by atoms with Gasteiger partial charge in [0.25, 0.3) is 11.5 Å². The molecule has 1 fully saturated rings. The highest BCUT2D eigenvalue weighted by Gasteiger charge is 2.20. The van der Waals surface area contributed by atoms with Gasteiger partial charge in [0.2, 0.25) is 0 Å². The largest absolute Gasteiger partial charge is 0.369 e. The highest BCUT2D eigenvalue weighted by atomic mass is 32.1. The summed E-state index contributed by atoms with van der Waals surface area (Å²) in [4.78, 5) is 47.3. The van der Waals surface area contributed by atoms with E-state index in [2.05, 4.69) is 25.1 Å². The number of carbonyl (C=O) groups is 1. The van der Waals surface area contributed by atoms with Gasteiger partial charge < -0.3 is 10.2 Å². The van der Waals surface area contributed by atoms with E-state index in [1.807, 2.05) is 24.3 Å². The predicted molar refractivity (Wildman–Crippen MR) is 113 cm³/mol. The van der Waals surface area contributed by atoms with Crippen molar-refractivity contribution in [2.45, 2.75) is 6.54 Å². The molecular formula is C19H22N6O3S. The molecule has 3 heterocycles. The minimum atomic E-state index is -0.449. The first-order chi connectivity index (χ1) is 14.0. The maximum absolute atomic E-state index is 12.2. The average Bonchev–Trinajstić information content (AvgIpc) is 3.14. The molecular weight excluding hydrogens is 392 g/mol. The van der Waals surface area contributed by atoms with E-state index in [9.17, 15) is 14.4 Å². The van der Waals surface area contributed by atoms with Crippen LogP contribution in [0.2, 0.25) is 0 Å². The number of hydrogen-bond acceptors (Lipinski definition) is 7. The summed E-state index contributed by atoms with van der Waals surface area (Å²) in [6.45, 7) is 4.10. The Kier molecular flexibility index (Phi) is 5.20. The van der Waals surface area contributed by atoms with E-state index >= 15 is 0 Å². The van der Waals surface area contributed by atoms with Crippen LogP contribution in [0.15, 0.2) is 33.9 Å². The molecule has 0 radical (unpaired) electrons. The molecule has 1 amide bonds. The highest BCUT2D eigenvalue weighted by Crippen LogP contribution is 2.21. The molecule has 0 saturated carbocycles. The third kappa shape index (κ3) is 3.81. The third-order valence-corrected chi connectivity index (χ3v) is 6.18. The monoisotopic (exact) mass is 414 g/mol. The molecule has 29 heavy (non-hydrogen) atoms. The summed E-state index contributed by atoms with van der Waals surface area (Å²) in [5, 5.41) is 3.45. The first-order valence-corrected chi connectivity index (χ1v) is 10.2. The van der Waals surface area contributed by atoms with Crippen molar-refractivity contribution in [1.82, 2.24) is 24.8 Å². The molecule has 4 rings (SSSR count). The predicted octanol–water partition coefficient (Wildman–Crippen LogP) is 0.365. The van der Waals surface area contributed by atoms with E-state index in [1.54, 1.807) is 7.05 Å². The van der Waals surface area contributed by atoms with Crippen LogP contribution in [0.4, 0.5) is 5.69 Å². The summed E-state index contributed by atoms with van der Waals surface area (Å²) in [5.74, 6) is -0.0895. The summed E-state index contributed by atoms with van der Waals surface area (Å²) in [6.07, 6.45) is 0. The molecule has 0 spiro atoms. The molecule has 0 bridgehead atoms. The number of piperazine rings is 1. The fourth-order valence-electron chi connectivity index (χ4n) is 3.41. The normalized spacial score (nSPS) is 15.0. The SMILES string of the molecule is CNC(=O)c1ccc(N2CCN(Cc3nc4[nH]c(=O)n(C)c(=O)c4s3)CC2)cc1. The molecule has 0 atom stereocenters. The van der Waals surface area contributed by atoms with E-state index < -0.39 is 5.69 Å². The summed E-state index contributed by atoms with van der Waals surface area (Å²) < 4.78 is 1.55. The number of rotatable bonds is 4. The maximum Gasteiger partial charge on any atom is 0.329 e. The third-order valence-electron chi connectivity index (χ3n) is 5.15. The molecule has 1 saturated heterocycles. The zero-order chi connectivity index (χ0) is 20.5. The molecule has 2 N–H and O–H groups in total. The standard InChI is InChI=1S/C19H22N6O3S/c1-20-17(26)12-3-5-13(6-4-12)25-9-7-24(8-10-25)11-14-21-16-15(29-14)18(27)23(2)19(28)22-16/h3-6H,7-11H2,1-2H3,(H,20,26)(H,22,28). The molecule has 0 unspecified atom stereocenters. The van der Waals surface area contributed by atoms with Gasteiger partial charge in [-0.05, 0) is 24.3 Å². The zero-order valence-corrected chi connectivity index (χ0v) is 17.1. The highest BCUT2D eigenvalue weighted by molar-refractivity contribution is 7.18. The Hall–Kier alpha value is -2.98. The Morgan fingerprint density at radius 3 is 2.52 bits per heavy atom. The second-order valence-corrected chi connectivity index (χ2v) is 8.05. The van der Waals surface area contributed by atoms with Crippen molar-refractivity contribution in [3.05, 3.63) is 55.7 Å². The Balaban J connectivity index is 1.41. The van der Waals surface area contributed by atoms with Gasteiger partial charge in [0.05, 0.1) is 6.54 Å². The number of benzene rings is 1. The van der Waals surface area contributed by atoms with Gasteiger partial charge in [0.1, 0.15) is 9.71 Å². The number of nitrogens with zero attached hydrogens (tertiary/aromatic N) is 4. The molecule has 1 aliphatic rings. The van der Waals surface area contributed by atoms with Crippen molar-refractivity contribution in [2.75, 3.05) is 38.1 Å². The quantitative estimate of drug-likeness (QED) is 0.639. The van der Waals surface area contributed by atoms with Crippen LogP contribution in [0, 0.1) is 0 Å². The van der Waals surface area contributed by atoms with Gasteiger partial charge in [-0.2, -0.15) is 0 Å². The van der Waals surface area contributed by atoms with Crippen molar-refractivity contribution in [2.24, 2.45) is 7.05 Å². The van der Waals surface area contributed by atoms with Crippen LogP contribution in [0.3, 0.4) is 0 Å². The van der Waals surface area contributed by atoms with Gasteiger partial charge in [-0.1, -0.05) is 0 Å². The minimum Gasteiger partial charge on any atom is -0.369 e. The number of thiazole rings is 1. The smallest absolute Gasteiger partial charge is 0.329 e. The fourth-order valence-corrected chi connectivity index (χ4v) is 4.45. The van der Waals surface area contributed by atoms with Crippen LogP contribution in [0.5, 0.6) is 0 Å². The summed E-state index contributed by atoms with van der Waals surface area (Å²) in [7, 11) is 3.08. The minimum absolute atomic E-state index is 0.0895. The molecule has 1 aromatic carbocycles. The van der Waals surface area contributed by atoms with Crippen molar-refractivity contribution < 1.29 is 4.79 Å². The lowest BCUT2D eigenvalue weighted by Gasteiger charge is -2.35. The average molecular weight is 414 g/mol. The summed E-state index contributed by atoms with van der Waals surface area (Å²) >= 11 is 1.34. The zero-order valence-electron chi connectivity index (χ0n) is 16.3. The van der Waals surface area contributed by atoms with E-state index in [-0.39, 0.29) is 11.5 Å². The van der Waals surface area contributed by atoms with Crippen molar-refractivity contribution in [3.8, 4) is 0 Å². The van der Waals surface area contributed by atoms with Gasteiger partial charge in [-0.3, -0.25) is 24.0 Å². The van der Waals surface area contributed by atoms with Crippen LogP contribution in [-0.4, -0.2) is 58.6 Å². The van der Waals surface area contributed by atoms with E-state index in [0.29, 0.717) is 22.5 Å². The van der Waals surface area contributed by atoms with Crippen LogP contribution in [-0.2, 0) is 13.6 Å². The van der Waals surface area contributed by atoms with Gasteiger partial charge in [-0.15, -0.1) is 11.3 Å². The number of amides is 1. The van der Waals surface area contributed by atoms with Crippen LogP contribution in [0.25, 0.3) is 10.3 Å². The van der Waals surface area contributed by atoms with Gasteiger partial charge >= 0.3 is 5.69 Å². The molecule has 0 aliphatic carbocycles. The Morgan fingerprint density at radius 2 is 1.86 bits per heavy atom. The number of fused-ring (bicyclic) bond motifs is 1. The molecule has 9 nitrogen and oxygen atoms in total. The lowest BCUT2D eigenvalue weighted by molar-refractivity contribution is 0.0963. The van der Waals surface area contributed by atoms with Gasteiger partial charge in [0, 0.05) is 51.5 Å². The Bertz CT molecular complexity index is 1160. The van der Waals surface area contributed by atoms with E-state index in [0.717, 1.165) is 41.4 Å². The summed E-state index contributed by atoms with van der Waals surface area (Å²) in [5.41, 5.74) is 1.36. The molecule has 2 aromatic heterocycles. The van der Waals surface area contributed by atoms with E-state index in [4.69, 9.17) is 0 Å². The molecule has 152 valence electrons. The van der Waals surface area contributed by atoms with Crippen LogP contribution < -0.4 is 21.5 Å². The number of nitrogens with one attached hydrogen (secondary N) is 2. The Morgan fingerprint density at radius 1 is 1.17 bits per heavy atom. The van der Waals surface area contributed by atoms with E-state index in [1.165, 1.54) is 18.4 Å². The number of hydrogen-bond donors (Lipinski definition) is 2. The topological polar surface area (TPSA) is 103 Å². The van der Waals surface area contributed by atoms with Crippen LogP contribution in [0.1, 0.15) is 15.4 Å². The molecule has 3 aromatic rings. The fraction of sp³-hybridized carbons (Fsp3) is 0.368. The first-order valence-electron chi connectivity index (χ1n) is 9.34. The first kappa shape index (κ1) is 19.3. The Labute approximate surface area is 170 Å². The number of aromatic amines is 1. The number of anilines is 1. The van der Waals surface area contributed by atoms with Gasteiger partial charge in [-0.25, -0.2) is 9.78 Å². The van der Waals surface area contributed by atoms with Crippen molar-refractivity contribution in [3.63, 3.8) is 0 Å². The lowest BCUT2D eigenvalue weighted by atomic mass is 10.1. The second kappa shape index (κ2) is 7.80. The number of aromatic nitrogens is 3. The summed E-state index contributed by atoms with van der Waals surface area (Å²) in [6, 6.07) is 7.62. The van der Waals surface area contributed by atoms with Crippen LogP contribution >= 0.6 is 11.3 Å².